The second-order valence-electron chi connectivity index (χ2n) is 1.98. The van der Waals surface area contributed by atoms with Crippen molar-refractivity contribution >= 4 is 5.82 Å². The standard InChI is InChI=1S/C5H6N2.C5H5N/c6-5-3-1-2-4-7-5;1-2-3-4-5-6/h1-4H,(H2,6,7);2-4H,1H2. The van der Waals surface area contributed by atoms with Crippen molar-refractivity contribution in [1.29, 1.82) is 5.26 Å². The molecule has 2 N–H and O–H groups in total. The Labute approximate surface area is 77.8 Å². The van der Waals surface area contributed by atoms with Crippen LogP contribution in [0.2, 0.25) is 0 Å². The number of anilines is 1. The van der Waals surface area contributed by atoms with E-state index in [1.54, 1.807) is 24.4 Å². The Morgan fingerprint density at radius 2 is 2.31 bits per heavy atom. The summed E-state index contributed by atoms with van der Waals surface area (Å²) in [6, 6.07) is 7.25. The Bertz CT molecular complexity index is 296. The van der Waals surface area contributed by atoms with Gasteiger partial charge in [0.05, 0.1) is 6.07 Å². The van der Waals surface area contributed by atoms with Crippen LogP contribution < -0.4 is 5.73 Å². The van der Waals surface area contributed by atoms with Gasteiger partial charge < -0.3 is 5.73 Å². The molecule has 0 atom stereocenters. The fourth-order valence-electron chi connectivity index (χ4n) is 0.487. The van der Waals surface area contributed by atoms with Crippen molar-refractivity contribution < 1.29 is 0 Å². The monoisotopic (exact) mass is 173 g/mol. The number of nitrogens with zero attached hydrogens (tertiary/aromatic N) is 2. The quantitative estimate of drug-likeness (QED) is 0.521. The first-order chi connectivity index (χ1) is 6.31. The van der Waals surface area contributed by atoms with Gasteiger partial charge in [-0.2, -0.15) is 5.26 Å². The summed E-state index contributed by atoms with van der Waals surface area (Å²) in [4.78, 5) is 3.76. The topological polar surface area (TPSA) is 62.7 Å². The number of nitriles is 1. The minimum atomic E-state index is 0.572. The van der Waals surface area contributed by atoms with E-state index in [1.807, 2.05) is 18.2 Å². The summed E-state index contributed by atoms with van der Waals surface area (Å²) >= 11 is 0. The number of hydrogen-bond donors (Lipinski definition) is 1. The van der Waals surface area contributed by atoms with E-state index in [-0.39, 0.29) is 0 Å². The molecule has 3 nitrogen and oxygen atoms in total. The van der Waals surface area contributed by atoms with Crippen LogP contribution in [0.5, 0.6) is 0 Å². The van der Waals surface area contributed by atoms with Gasteiger partial charge in [-0.05, 0) is 12.1 Å². The molecule has 1 rings (SSSR count). The molecule has 3 heteroatoms. The van der Waals surface area contributed by atoms with E-state index < -0.39 is 0 Å². The van der Waals surface area contributed by atoms with Gasteiger partial charge in [0.2, 0.25) is 0 Å². The molecule has 1 heterocycles. The molecule has 0 aliphatic rings. The van der Waals surface area contributed by atoms with Crippen LogP contribution in [0, 0.1) is 11.3 Å². The number of aromatic nitrogens is 1. The minimum Gasteiger partial charge on any atom is -0.384 e. The lowest BCUT2D eigenvalue weighted by Crippen LogP contribution is -1.85. The third-order valence-electron chi connectivity index (χ3n) is 0.995. The summed E-state index contributed by atoms with van der Waals surface area (Å²) < 4.78 is 0. The first-order valence-electron chi connectivity index (χ1n) is 3.65. The maximum absolute atomic E-state index is 7.81. The van der Waals surface area contributed by atoms with Gasteiger partial charge in [0.1, 0.15) is 5.82 Å². The molecule has 1 aromatic rings. The third kappa shape index (κ3) is 7.82. The largest absolute Gasteiger partial charge is 0.384 e. The summed E-state index contributed by atoms with van der Waals surface area (Å²) in [5, 5.41) is 7.81. The van der Waals surface area contributed by atoms with Crippen molar-refractivity contribution in [3.63, 3.8) is 0 Å². The zero-order valence-electron chi connectivity index (χ0n) is 7.22. The molecule has 0 saturated heterocycles. The maximum Gasteiger partial charge on any atom is 0.123 e. The zero-order chi connectivity index (χ0) is 9.94. The van der Waals surface area contributed by atoms with E-state index in [0.717, 1.165) is 0 Å². The van der Waals surface area contributed by atoms with Gasteiger partial charge in [0.25, 0.3) is 0 Å². The van der Waals surface area contributed by atoms with Crippen molar-refractivity contribution in [1.82, 2.24) is 4.98 Å². The summed E-state index contributed by atoms with van der Waals surface area (Å²) in [7, 11) is 0. The van der Waals surface area contributed by atoms with Gasteiger partial charge in [0.15, 0.2) is 0 Å². The number of pyridine rings is 1. The minimum absolute atomic E-state index is 0.572. The van der Waals surface area contributed by atoms with Crippen molar-refractivity contribution in [3.05, 3.63) is 49.2 Å². The van der Waals surface area contributed by atoms with Crippen LogP contribution in [0.15, 0.2) is 49.2 Å². The van der Waals surface area contributed by atoms with E-state index in [2.05, 4.69) is 11.6 Å². The van der Waals surface area contributed by atoms with E-state index in [4.69, 9.17) is 11.0 Å². The van der Waals surface area contributed by atoms with Crippen LogP contribution in [0.1, 0.15) is 0 Å². The maximum atomic E-state index is 7.81. The smallest absolute Gasteiger partial charge is 0.123 e. The van der Waals surface area contributed by atoms with Crippen molar-refractivity contribution in [2.45, 2.75) is 0 Å². The van der Waals surface area contributed by atoms with Crippen molar-refractivity contribution in [2.24, 2.45) is 0 Å². The molecule has 0 aliphatic heterocycles. The lowest BCUT2D eigenvalue weighted by atomic mass is 10.5. The highest BCUT2D eigenvalue weighted by molar-refractivity contribution is 5.25. The van der Waals surface area contributed by atoms with Crippen LogP contribution in [-0.4, -0.2) is 4.98 Å². The molecule has 0 amide bonds. The third-order valence-corrected chi connectivity index (χ3v) is 0.995. The lowest BCUT2D eigenvalue weighted by molar-refractivity contribution is 1.34. The molecule has 0 aliphatic carbocycles. The highest BCUT2D eigenvalue weighted by Crippen LogP contribution is 1.89. The Morgan fingerprint density at radius 1 is 1.54 bits per heavy atom. The van der Waals surface area contributed by atoms with E-state index >= 15 is 0 Å². The Hall–Kier alpha value is -2.08. The summed E-state index contributed by atoms with van der Waals surface area (Å²) in [5.74, 6) is 0.572. The number of nitrogens with two attached hydrogens (primary N) is 1. The molecule has 1 aromatic heterocycles. The first kappa shape index (κ1) is 10.9. The van der Waals surface area contributed by atoms with E-state index in [0.29, 0.717) is 5.82 Å². The van der Waals surface area contributed by atoms with Gasteiger partial charge in [-0.15, -0.1) is 0 Å². The zero-order valence-corrected chi connectivity index (χ0v) is 7.22. The van der Waals surface area contributed by atoms with Crippen LogP contribution in [0.3, 0.4) is 0 Å². The van der Waals surface area contributed by atoms with E-state index in [1.165, 1.54) is 6.08 Å². The van der Waals surface area contributed by atoms with Crippen molar-refractivity contribution in [3.8, 4) is 6.07 Å². The SMILES string of the molecule is C=CC=CC#N.Nc1ccccn1. The summed E-state index contributed by atoms with van der Waals surface area (Å²) in [6.45, 7) is 3.36. The highest BCUT2D eigenvalue weighted by Gasteiger charge is 1.73. The van der Waals surface area contributed by atoms with Crippen LogP contribution in [0.25, 0.3) is 0 Å². The fourth-order valence-corrected chi connectivity index (χ4v) is 0.487. The highest BCUT2D eigenvalue weighted by atomic mass is 14.8. The summed E-state index contributed by atoms with van der Waals surface area (Å²) in [6.07, 6.45) is 6.17. The Morgan fingerprint density at radius 3 is 2.54 bits per heavy atom. The molecule has 0 spiro atoms. The Kier molecular flexibility index (Phi) is 6.74. The van der Waals surface area contributed by atoms with Gasteiger partial charge in [-0.1, -0.05) is 24.8 Å². The lowest BCUT2D eigenvalue weighted by Gasteiger charge is -1.82. The normalized spacial score (nSPS) is 8.23. The number of nitrogen functional groups attached to an aromatic ring is 1. The number of rotatable bonds is 1. The van der Waals surface area contributed by atoms with Gasteiger partial charge in [0, 0.05) is 12.3 Å². The molecular formula is C10H11N3. The predicted octanol–water partition coefficient (Wildman–Crippen LogP) is 1.92. The van der Waals surface area contributed by atoms with Gasteiger partial charge in [-0.25, -0.2) is 4.98 Å². The molecule has 0 fully saturated rings. The fraction of sp³-hybridized carbons (Fsp3) is 0. The van der Waals surface area contributed by atoms with Gasteiger partial charge >= 0.3 is 0 Å². The van der Waals surface area contributed by atoms with Crippen molar-refractivity contribution in [2.75, 3.05) is 5.73 Å². The first-order valence-corrected chi connectivity index (χ1v) is 3.65. The predicted molar refractivity (Wildman–Crippen MR) is 53.6 cm³/mol. The molecule has 0 radical (unpaired) electrons. The van der Waals surface area contributed by atoms with Crippen LogP contribution in [0.4, 0.5) is 5.82 Å². The van der Waals surface area contributed by atoms with Crippen LogP contribution >= 0.6 is 0 Å². The average Bonchev–Trinajstić information content (AvgIpc) is 2.17. The molecule has 13 heavy (non-hydrogen) atoms. The molecule has 0 saturated carbocycles. The van der Waals surface area contributed by atoms with Crippen LogP contribution in [-0.2, 0) is 0 Å². The summed E-state index contributed by atoms with van der Waals surface area (Å²) in [5.41, 5.74) is 5.25. The second kappa shape index (κ2) is 8.02. The molecular weight excluding hydrogens is 162 g/mol. The second-order valence-corrected chi connectivity index (χ2v) is 1.98. The average molecular weight is 173 g/mol. The number of allylic oxidation sites excluding steroid dienone is 3. The Balaban J connectivity index is 0.000000226. The molecule has 66 valence electrons. The molecule has 0 unspecified atom stereocenters. The number of hydrogen-bond acceptors (Lipinski definition) is 3. The molecule has 0 bridgehead atoms. The molecule has 0 aromatic carbocycles. The van der Waals surface area contributed by atoms with Gasteiger partial charge in [-0.3, -0.25) is 0 Å². The van der Waals surface area contributed by atoms with E-state index in [9.17, 15) is 0 Å².